The minimum atomic E-state index is -0.359. The number of methoxy groups -OCH3 is 1. The smallest absolute Gasteiger partial charge is 0.308 e. The van der Waals surface area contributed by atoms with E-state index in [2.05, 4.69) is 0 Å². The molecule has 5 nitrogen and oxygen atoms in total. The minimum absolute atomic E-state index is 0.359. The fraction of sp³-hybridized carbons (Fsp3) is 0.0952. The molecule has 0 aromatic heterocycles. The number of esters is 1. The predicted octanol–water partition coefficient (Wildman–Crippen LogP) is 5.21. The van der Waals surface area contributed by atoms with Crippen molar-refractivity contribution < 1.29 is 23.7 Å². The zero-order valence-corrected chi connectivity index (χ0v) is 14.5. The summed E-state index contributed by atoms with van der Waals surface area (Å²) in [7, 11) is 1.62. The van der Waals surface area contributed by atoms with Crippen molar-refractivity contribution >= 4 is 5.97 Å². The number of benzene rings is 3. The monoisotopic (exact) mass is 350 g/mol. The van der Waals surface area contributed by atoms with Gasteiger partial charge in [0.1, 0.15) is 34.5 Å². The van der Waals surface area contributed by atoms with Crippen LogP contribution in [0.25, 0.3) is 0 Å². The second kappa shape index (κ2) is 8.07. The Morgan fingerprint density at radius 2 is 1.12 bits per heavy atom. The summed E-state index contributed by atoms with van der Waals surface area (Å²) in [6.45, 7) is 1.36. The fourth-order valence-corrected chi connectivity index (χ4v) is 2.26. The molecule has 0 unspecified atom stereocenters. The average Bonchev–Trinajstić information content (AvgIpc) is 2.64. The SMILES string of the molecule is COc1ccc(Oc2cccc(Oc3ccc(OC(C)=O)cc3)c2)cc1. The van der Waals surface area contributed by atoms with Crippen LogP contribution in [0.4, 0.5) is 0 Å². The van der Waals surface area contributed by atoms with Crippen LogP contribution in [0.2, 0.25) is 0 Å². The molecule has 0 saturated carbocycles. The largest absolute Gasteiger partial charge is 0.497 e. The third-order valence-electron chi connectivity index (χ3n) is 3.42. The molecule has 0 N–H and O–H groups in total. The van der Waals surface area contributed by atoms with Gasteiger partial charge in [-0.1, -0.05) is 6.07 Å². The molecular weight excluding hydrogens is 332 g/mol. The van der Waals surface area contributed by atoms with E-state index in [1.165, 1.54) is 6.92 Å². The third-order valence-corrected chi connectivity index (χ3v) is 3.42. The molecule has 3 aromatic carbocycles. The molecule has 0 spiro atoms. The van der Waals surface area contributed by atoms with Crippen LogP contribution in [0, 0.1) is 0 Å². The van der Waals surface area contributed by atoms with Crippen molar-refractivity contribution in [1.82, 2.24) is 0 Å². The molecule has 0 aliphatic heterocycles. The maximum Gasteiger partial charge on any atom is 0.308 e. The van der Waals surface area contributed by atoms with Gasteiger partial charge in [-0.25, -0.2) is 0 Å². The van der Waals surface area contributed by atoms with E-state index in [-0.39, 0.29) is 5.97 Å². The van der Waals surface area contributed by atoms with E-state index >= 15 is 0 Å². The molecule has 0 amide bonds. The Labute approximate surface area is 151 Å². The summed E-state index contributed by atoms with van der Waals surface area (Å²) >= 11 is 0. The van der Waals surface area contributed by atoms with Gasteiger partial charge in [-0.2, -0.15) is 0 Å². The van der Waals surface area contributed by atoms with Crippen LogP contribution in [0.15, 0.2) is 72.8 Å². The first-order valence-electron chi connectivity index (χ1n) is 8.01. The fourth-order valence-electron chi connectivity index (χ4n) is 2.26. The zero-order chi connectivity index (χ0) is 18.4. The quantitative estimate of drug-likeness (QED) is 0.451. The molecular formula is C21H18O5. The Hall–Kier alpha value is -3.47. The highest BCUT2D eigenvalue weighted by Gasteiger charge is 2.03. The topological polar surface area (TPSA) is 54.0 Å². The van der Waals surface area contributed by atoms with Crippen LogP contribution < -0.4 is 18.9 Å². The van der Waals surface area contributed by atoms with Crippen molar-refractivity contribution in [2.45, 2.75) is 6.92 Å². The van der Waals surface area contributed by atoms with Gasteiger partial charge < -0.3 is 18.9 Å². The molecule has 26 heavy (non-hydrogen) atoms. The van der Waals surface area contributed by atoms with E-state index < -0.39 is 0 Å². The molecule has 0 saturated heterocycles. The predicted molar refractivity (Wildman–Crippen MR) is 97.3 cm³/mol. The molecule has 0 bridgehead atoms. The molecule has 132 valence electrons. The normalized spacial score (nSPS) is 10.1. The number of rotatable bonds is 6. The lowest BCUT2D eigenvalue weighted by Crippen LogP contribution is -2.00. The Kier molecular flexibility index (Phi) is 5.39. The molecule has 5 heteroatoms. The first kappa shape index (κ1) is 17.4. The van der Waals surface area contributed by atoms with Crippen molar-refractivity contribution in [1.29, 1.82) is 0 Å². The minimum Gasteiger partial charge on any atom is -0.497 e. The van der Waals surface area contributed by atoms with E-state index in [9.17, 15) is 4.79 Å². The summed E-state index contributed by atoms with van der Waals surface area (Å²) in [4.78, 5) is 10.9. The van der Waals surface area contributed by atoms with E-state index in [0.717, 1.165) is 5.75 Å². The van der Waals surface area contributed by atoms with Crippen molar-refractivity contribution in [2.75, 3.05) is 7.11 Å². The van der Waals surface area contributed by atoms with E-state index in [4.69, 9.17) is 18.9 Å². The van der Waals surface area contributed by atoms with Crippen molar-refractivity contribution in [3.05, 3.63) is 72.8 Å². The molecule has 0 atom stereocenters. The van der Waals surface area contributed by atoms with E-state index in [1.807, 2.05) is 42.5 Å². The number of carbonyl (C=O) groups excluding carboxylic acids is 1. The highest BCUT2D eigenvalue weighted by Crippen LogP contribution is 2.29. The molecule has 3 aromatic rings. The summed E-state index contributed by atoms with van der Waals surface area (Å²) in [5.41, 5.74) is 0. The van der Waals surface area contributed by atoms with Gasteiger partial charge in [-0.05, 0) is 60.7 Å². The van der Waals surface area contributed by atoms with E-state index in [0.29, 0.717) is 28.7 Å². The van der Waals surface area contributed by atoms with Crippen LogP contribution in [0.5, 0.6) is 34.5 Å². The third kappa shape index (κ3) is 4.77. The van der Waals surface area contributed by atoms with Crippen molar-refractivity contribution in [3.8, 4) is 34.5 Å². The van der Waals surface area contributed by atoms with E-state index in [1.54, 1.807) is 37.4 Å². The Morgan fingerprint density at radius 3 is 1.58 bits per heavy atom. The van der Waals surface area contributed by atoms with Gasteiger partial charge in [-0.15, -0.1) is 0 Å². The maximum atomic E-state index is 10.9. The molecule has 0 heterocycles. The summed E-state index contributed by atoms with van der Waals surface area (Å²) in [6, 6.07) is 21.5. The van der Waals surface area contributed by atoms with Crippen molar-refractivity contribution in [2.24, 2.45) is 0 Å². The van der Waals surface area contributed by atoms with Gasteiger partial charge in [0.25, 0.3) is 0 Å². The number of hydrogen-bond acceptors (Lipinski definition) is 5. The van der Waals surface area contributed by atoms with Gasteiger partial charge in [-0.3, -0.25) is 4.79 Å². The maximum absolute atomic E-state index is 10.9. The van der Waals surface area contributed by atoms with Gasteiger partial charge in [0.05, 0.1) is 7.11 Å². The van der Waals surface area contributed by atoms with Crippen LogP contribution in [0.1, 0.15) is 6.92 Å². The van der Waals surface area contributed by atoms with Gasteiger partial charge in [0.2, 0.25) is 0 Å². The van der Waals surface area contributed by atoms with Crippen molar-refractivity contribution in [3.63, 3.8) is 0 Å². The Bertz CT molecular complexity index is 870. The lowest BCUT2D eigenvalue weighted by atomic mass is 10.3. The molecule has 0 aliphatic carbocycles. The van der Waals surface area contributed by atoms with Crippen LogP contribution in [-0.2, 0) is 4.79 Å². The number of hydrogen-bond donors (Lipinski definition) is 0. The second-order valence-corrected chi connectivity index (χ2v) is 5.42. The first-order valence-corrected chi connectivity index (χ1v) is 8.01. The molecule has 0 fully saturated rings. The zero-order valence-electron chi connectivity index (χ0n) is 14.5. The Morgan fingerprint density at radius 1 is 0.654 bits per heavy atom. The molecule has 0 aliphatic rings. The second-order valence-electron chi connectivity index (χ2n) is 5.42. The number of carbonyl (C=O) groups is 1. The lowest BCUT2D eigenvalue weighted by molar-refractivity contribution is -0.131. The standard InChI is InChI=1S/C21H18O5/c1-15(22)24-17-10-12-19(13-11-17)26-21-5-3-4-20(14-21)25-18-8-6-16(23-2)7-9-18/h3-14H,1-2H3. The van der Waals surface area contributed by atoms with Crippen LogP contribution >= 0.6 is 0 Å². The highest BCUT2D eigenvalue weighted by molar-refractivity contribution is 5.69. The van der Waals surface area contributed by atoms with Crippen LogP contribution in [0.3, 0.4) is 0 Å². The molecule has 3 rings (SSSR count). The summed E-state index contributed by atoms with van der Waals surface area (Å²) in [6.07, 6.45) is 0. The van der Waals surface area contributed by atoms with Gasteiger partial charge >= 0.3 is 5.97 Å². The summed E-state index contributed by atoms with van der Waals surface area (Å²) in [5.74, 6) is 3.51. The van der Waals surface area contributed by atoms with Gasteiger partial charge in [0, 0.05) is 13.0 Å². The average molecular weight is 350 g/mol. The first-order chi connectivity index (χ1) is 12.6. The Balaban J connectivity index is 1.67. The number of ether oxygens (including phenoxy) is 4. The summed E-state index contributed by atoms with van der Waals surface area (Å²) in [5, 5.41) is 0. The highest BCUT2D eigenvalue weighted by atomic mass is 16.5. The lowest BCUT2D eigenvalue weighted by Gasteiger charge is -2.10. The summed E-state index contributed by atoms with van der Waals surface area (Å²) < 4.78 is 21.8. The van der Waals surface area contributed by atoms with Crippen LogP contribution in [-0.4, -0.2) is 13.1 Å². The molecule has 0 radical (unpaired) electrons. The van der Waals surface area contributed by atoms with Gasteiger partial charge in [0.15, 0.2) is 0 Å².